The molecule has 0 aliphatic rings. The van der Waals surface area contributed by atoms with Gasteiger partial charge in [-0.05, 0) is 0 Å². The van der Waals surface area contributed by atoms with Crippen LogP contribution in [0.25, 0.3) is 11.2 Å². The maximum Gasteiger partial charge on any atom is 0.329 e. The Morgan fingerprint density at radius 1 is 1.52 bits per heavy atom. The lowest BCUT2D eigenvalue weighted by Crippen LogP contribution is -2.29. The molecule has 2 aromatic heterocycles. The average molecular weight is 293 g/mol. The fraction of sp³-hybridized carbons (Fsp3) is 0.333. The van der Waals surface area contributed by atoms with Crippen molar-refractivity contribution in [3.8, 4) is 0 Å². The Morgan fingerprint density at radius 3 is 2.86 bits per heavy atom. The van der Waals surface area contributed by atoms with Crippen LogP contribution >= 0.6 is 0 Å². The zero-order valence-electron chi connectivity index (χ0n) is 11.7. The second kappa shape index (κ2) is 5.65. The number of nitrogens with zero attached hydrogens (tertiary/aromatic N) is 3. The van der Waals surface area contributed by atoms with Gasteiger partial charge in [-0.3, -0.25) is 23.7 Å². The van der Waals surface area contributed by atoms with Crippen molar-refractivity contribution in [2.75, 3.05) is 19.0 Å². The minimum Gasteiger partial charge on any atom is -0.468 e. The fourth-order valence-electron chi connectivity index (χ4n) is 1.88. The molecule has 0 saturated carbocycles. The summed E-state index contributed by atoms with van der Waals surface area (Å²) < 4.78 is 7.17. The summed E-state index contributed by atoms with van der Waals surface area (Å²) in [5.74, 6) is -0.258. The van der Waals surface area contributed by atoms with Crippen LogP contribution in [-0.2, 0) is 23.1 Å². The highest BCUT2D eigenvalue weighted by atomic mass is 16.5. The quantitative estimate of drug-likeness (QED) is 0.551. The normalized spacial score (nSPS) is 10.6. The summed E-state index contributed by atoms with van der Waals surface area (Å²) in [5.41, 5.74) is -0.894. The standard InChI is InChI=1S/C12H15N5O4/c1-4-5-13-11-14-9-8(17(11)6-7(18)21-3)10(19)15-12(20)16(9)2/h4H,1,5-6H2,2-3H3,(H,13,14)(H,15,19,20). The minimum absolute atomic E-state index is 0.120. The van der Waals surface area contributed by atoms with Crippen molar-refractivity contribution in [3.05, 3.63) is 33.5 Å². The van der Waals surface area contributed by atoms with Crippen molar-refractivity contribution >= 4 is 23.1 Å². The molecule has 2 N–H and O–H groups in total. The molecule has 112 valence electrons. The van der Waals surface area contributed by atoms with Crippen LogP contribution in [0.4, 0.5) is 5.95 Å². The highest BCUT2D eigenvalue weighted by Gasteiger charge is 2.19. The highest BCUT2D eigenvalue weighted by Crippen LogP contribution is 2.15. The molecule has 0 aromatic carbocycles. The number of aromatic amines is 1. The zero-order chi connectivity index (χ0) is 15.6. The molecule has 0 aliphatic heterocycles. The monoisotopic (exact) mass is 293 g/mol. The van der Waals surface area contributed by atoms with E-state index < -0.39 is 17.2 Å². The largest absolute Gasteiger partial charge is 0.468 e. The number of hydrogen-bond acceptors (Lipinski definition) is 6. The number of ether oxygens (including phenoxy) is 1. The van der Waals surface area contributed by atoms with Gasteiger partial charge in [0.15, 0.2) is 11.2 Å². The van der Waals surface area contributed by atoms with Gasteiger partial charge in [0, 0.05) is 13.6 Å². The first-order valence-electron chi connectivity index (χ1n) is 6.10. The molecule has 0 unspecified atom stereocenters. The van der Waals surface area contributed by atoms with Crippen LogP contribution in [0.2, 0.25) is 0 Å². The van der Waals surface area contributed by atoms with Gasteiger partial charge >= 0.3 is 11.7 Å². The first-order valence-corrected chi connectivity index (χ1v) is 6.10. The van der Waals surface area contributed by atoms with Gasteiger partial charge in [0.1, 0.15) is 6.54 Å². The Hall–Kier alpha value is -2.84. The number of H-pyrrole nitrogens is 1. The molecule has 9 nitrogen and oxygen atoms in total. The summed E-state index contributed by atoms with van der Waals surface area (Å²) in [4.78, 5) is 41.5. The van der Waals surface area contributed by atoms with E-state index in [1.165, 1.54) is 23.3 Å². The summed E-state index contributed by atoms with van der Waals surface area (Å²) in [6.07, 6.45) is 1.60. The van der Waals surface area contributed by atoms with Crippen molar-refractivity contribution in [2.24, 2.45) is 7.05 Å². The van der Waals surface area contributed by atoms with E-state index in [1.54, 1.807) is 6.08 Å². The van der Waals surface area contributed by atoms with E-state index in [4.69, 9.17) is 0 Å². The molecule has 9 heteroatoms. The van der Waals surface area contributed by atoms with E-state index in [-0.39, 0.29) is 23.7 Å². The molecule has 0 spiro atoms. The molecule has 2 aromatic rings. The fourth-order valence-corrected chi connectivity index (χ4v) is 1.88. The number of rotatable bonds is 5. The lowest BCUT2D eigenvalue weighted by atomic mass is 10.5. The molecule has 0 aliphatic carbocycles. The molecule has 0 fully saturated rings. The first-order chi connectivity index (χ1) is 9.99. The van der Waals surface area contributed by atoms with Gasteiger partial charge in [-0.2, -0.15) is 4.98 Å². The summed E-state index contributed by atoms with van der Waals surface area (Å²) >= 11 is 0. The van der Waals surface area contributed by atoms with Crippen LogP contribution in [0.3, 0.4) is 0 Å². The summed E-state index contributed by atoms with van der Waals surface area (Å²) in [5, 5.41) is 2.91. The second-order valence-electron chi connectivity index (χ2n) is 4.26. The van der Waals surface area contributed by atoms with Gasteiger partial charge in [0.25, 0.3) is 5.56 Å². The maximum atomic E-state index is 12.0. The van der Waals surface area contributed by atoms with E-state index in [0.717, 1.165) is 0 Å². The van der Waals surface area contributed by atoms with Crippen molar-refractivity contribution in [3.63, 3.8) is 0 Å². The number of hydrogen-bond donors (Lipinski definition) is 2. The SMILES string of the molecule is C=CCNc1nc2c(c(=O)[nH]c(=O)n2C)n1CC(=O)OC. The van der Waals surface area contributed by atoms with Crippen molar-refractivity contribution < 1.29 is 9.53 Å². The van der Waals surface area contributed by atoms with Crippen molar-refractivity contribution in [1.29, 1.82) is 0 Å². The average Bonchev–Trinajstić information content (AvgIpc) is 2.81. The number of nitrogens with one attached hydrogen (secondary N) is 2. The minimum atomic E-state index is -0.615. The van der Waals surface area contributed by atoms with Crippen LogP contribution in [0.1, 0.15) is 0 Å². The van der Waals surface area contributed by atoms with Gasteiger partial charge in [0.05, 0.1) is 7.11 Å². The Balaban J connectivity index is 2.73. The number of imidazole rings is 1. The third-order valence-corrected chi connectivity index (χ3v) is 2.93. The number of aryl methyl sites for hydroxylation is 1. The summed E-state index contributed by atoms with van der Waals surface area (Å²) in [7, 11) is 2.73. The molecule has 0 atom stereocenters. The molecule has 21 heavy (non-hydrogen) atoms. The number of carbonyl (C=O) groups is 1. The van der Waals surface area contributed by atoms with E-state index in [2.05, 4.69) is 26.6 Å². The third kappa shape index (κ3) is 2.57. The molecule has 0 amide bonds. The zero-order valence-corrected chi connectivity index (χ0v) is 11.7. The molecule has 0 radical (unpaired) electrons. The lowest BCUT2D eigenvalue weighted by Gasteiger charge is -2.07. The van der Waals surface area contributed by atoms with E-state index in [9.17, 15) is 14.4 Å². The molecule has 2 rings (SSSR count). The van der Waals surface area contributed by atoms with E-state index in [0.29, 0.717) is 6.54 Å². The number of fused-ring (bicyclic) bond motifs is 1. The number of carbonyl (C=O) groups excluding carboxylic acids is 1. The Bertz CT molecular complexity index is 813. The molecule has 0 saturated heterocycles. The number of anilines is 1. The number of aromatic nitrogens is 4. The van der Waals surface area contributed by atoms with Crippen molar-refractivity contribution in [1.82, 2.24) is 19.1 Å². The summed E-state index contributed by atoms with van der Waals surface area (Å²) in [6.45, 7) is 3.76. The van der Waals surface area contributed by atoms with Gasteiger partial charge < -0.3 is 10.1 Å². The lowest BCUT2D eigenvalue weighted by molar-refractivity contribution is -0.141. The first kappa shape index (κ1) is 14.6. The predicted molar refractivity (Wildman–Crippen MR) is 76.3 cm³/mol. The summed E-state index contributed by atoms with van der Waals surface area (Å²) in [6, 6.07) is 0. The Labute approximate surface area is 118 Å². The molecule has 0 bridgehead atoms. The number of esters is 1. The van der Waals surface area contributed by atoms with E-state index >= 15 is 0 Å². The highest BCUT2D eigenvalue weighted by molar-refractivity contribution is 5.78. The van der Waals surface area contributed by atoms with Gasteiger partial charge in [-0.1, -0.05) is 6.08 Å². The topological polar surface area (TPSA) is 111 Å². The van der Waals surface area contributed by atoms with Gasteiger partial charge in [-0.15, -0.1) is 6.58 Å². The smallest absolute Gasteiger partial charge is 0.329 e. The van der Waals surface area contributed by atoms with Crippen LogP contribution in [0.15, 0.2) is 22.2 Å². The maximum absolute atomic E-state index is 12.0. The van der Waals surface area contributed by atoms with Crippen molar-refractivity contribution in [2.45, 2.75) is 6.54 Å². The third-order valence-electron chi connectivity index (χ3n) is 2.93. The van der Waals surface area contributed by atoms with Gasteiger partial charge in [0.2, 0.25) is 5.95 Å². The Morgan fingerprint density at radius 2 is 2.24 bits per heavy atom. The predicted octanol–water partition coefficient (Wildman–Crippen LogP) is -0.806. The van der Waals surface area contributed by atoms with Gasteiger partial charge in [-0.25, -0.2) is 4.79 Å². The van der Waals surface area contributed by atoms with Crippen LogP contribution in [-0.4, -0.2) is 38.7 Å². The molecular formula is C12H15N5O4. The molecular weight excluding hydrogens is 278 g/mol. The van der Waals surface area contributed by atoms with Crippen LogP contribution in [0.5, 0.6) is 0 Å². The van der Waals surface area contributed by atoms with Crippen LogP contribution in [0, 0.1) is 0 Å². The van der Waals surface area contributed by atoms with Crippen LogP contribution < -0.4 is 16.6 Å². The number of methoxy groups -OCH3 is 1. The molecule has 2 heterocycles. The Kier molecular flexibility index (Phi) is 3.92. The second-order valence-corrected chi connectivity index (χ2v) is 4.26. The van der Waals surface area contributed by atoms with E-state index in [1.807, 2.05) is 0 Å².